The van der Waals surface area contributed by atoms with Gasteiger partial charge in [0, 0.05) is 27.8 Å². The van der Waals surface area contributed by atoms with Crippen molar-refractivity contribution in [3.63, 3.8) is 0 Å². The summed E-state index contributed by atoms with van der Waals surface area (Å²) in [5.74, 6) is 1.64. The highest BCUT2D eigenvalue weighted by Gasteiger charge is 2.24. The standard InChI is InChI=1S/C25H24N2O2S/c1-25(2,3)23-22(14-16-11-12-20-21(13-16)29-15-28-20)30-24(27-23)26-19-10-6-8-17-7-4-5-9-18(17)19/h4-13H,14-15H2,1-3H3,(H,26,27). The Kier molecular flexibility index (Phi) is 4.63. The van der Waals surface area contributed by atoms with Crippen LogP contribution in [0.15, 0.2) is 60.7 Å². The summed E-state index contributed by atoms with van der Waals surface area (Å²) in [6.07, 6.45) is 0.818. The highest BCUT2D eigenvalue weighted by atomic mass is 32.1. The van der Waals surface area contributed by atoms with E-state index in [1.165, 1.54) is 21.2 Å². The Morgan fingerprint density at radius 2 is 1.77 bits per heavy atom. The third-order valence-corrected chi connectivity index (χ3v) is 6.21. The first-order chi connectivity index (χ1) is 14.5. The molecule has 3 aromatic carbocycles. The molecule has 1 aliphatic heterocycles. The molecule has 0 spiro atoms. The quantitative estimate of drug-likeness (QED) is 0.404. The summed E-state index contributed by atoms with van der Waals surface area (Å²) in [6.45, 7) is 6.94. The summed E-state index contributed by atoms with van der Waals surface area (Å²) in [4.78, 5) is 6.27. The fourth-order valence-electron chi connectivity index (χ4n) is 3.80. The minimum atomic E-state index is -0.0408. The van der Waals surface area contributed by atoms with Crippen molar-refractivity contribution in [2.24, 2.45) is 0 Å². The molecule has 152 valence electrons. The molecule has 0 amide bonds. The third kappa shape index (κ3) is 3.61. The lowest BCUT2D eigenvalue weighted by atomic mass is 9.90. The van der Waals surface area contributed by atoms with E-state index in [9.17, 15) is 0 Å². The molecule has 0 atom stereocenters. The molecule has 1 N–H and O–H groups in total. The summed E-state index contributed by atoms with van der Waals surface area (Å²) in [5, 5.41) is 6.91. The molecule has 0 radical (unpaired) electrons. The maximum atomic E-state index is 5.55. The largest absolute Gasteiger partial charge is 0.454 e. The second-order valence-corrected chi connectivity index (χ2v) is 9.64. The van der Waals surface area contributed by atoms with E-state index in [1.807, 2.05) is 6.07 Å². The normalized spacial score (nSPS) is 13.0. The van der Waals surface area contributed by atoms with Crippen molar-refractivity contribution >= 4 is 32.9 Å². The lowest BCUT2D eigenvalue weighted by Gasteiger charge is -2.17. The van der Waals surface area contributed by atoms with Crippen molar-refractivity contribution in [1.29, 1.82) is 0 Å². The van der Waals surface area contributed by atoms with Gasteiger partial charge in [0.15, 0.2) is 16.6 Å². The van der Waals surface area contributed by atoms with Crippen molar-refractivity contribution < 1.29 is 9.47 Å². The third-order valence-electron chi connectivity index (χ3n) is 5.24. The van der Waals surface area contributed by atoms with E-state index in [0.29, 0.717) is 6.79 Å². The zero-order valence-electron chi connectivity index (χ0n) is 17.4. The molecular weight excluding hydrogens is 392 g/mol. The van der Waals surface area contributed by atoms with Crippen LogP contribution >= 0.6 is 11.3 Å². The first kappa shape index (κ1) is 18.9. The van der Waals surface area contributed by atoms with Gasteiger partial charge in [-0.1, -0.05) is 63.2 Å². The zero-order valence-corrected chi connectivity index (χ0v) is 18.2. The van der Waals surface area contributed by atoms with Gasteiger partial charge in [-0.25, -0.2) is 4.98 Å². The van der Waals surface area contributed by atoms with Crippen LogP contribution in [0.1, 0.15) is 36.9 Å². The number of fused-ring (bicyclic) bond motifs is 2. The molecule has 1 aliphatic rings. The van der Waals surface area contributed by atoms with E-state index >= 15 is 0 Å². The number of rotatable bonds is 4. The van der Waals surface area contributed by atoms with Crippen LogP contribution in [0.4, 0.5) is 10.8 Å². The minimum absolute atomic E-state index is 0.0408. The van der Waals surface area contributed by atoms with Crippen molar-refractivity contribution in [3.8, 4) is 11.5 Å². The molecule has 0 bridgehead atoms. The Morgan fingerprint density at radius 1 is 0.967 bits per heavy atom. The molecule has 5 rings (SSSR count). The number of aromatic nitrogens is 1. The SMILES string of the molecule is CC(C)(C)c1nc(Nc2cccc3ccccc23)sc1Cc1ccc2c(c1)OCO2. The van der Waals surface area contributed by atoms with Gasteiger partial charge in [-0.15, -0.1) is 11.3 Å². The summed E-state index contributed by atoms with van der Waals surface area (Å²) in [7, 11) is 0. The lowest BCUT2D eigenvalue weighted by molar-refractivity contribution is 0.174. The van der Waals surface area contributed by atoms with Crippen LogP contribution in [0.3, 0.4) is 0 Å². The molecule has 0 fully saturated rings. The maximum absolute atomic E-state index is 5.55. The number of benzene rings is 3. The number of hydrogen-bond acceptors (Lipinski definition) is 5. The van der Waals surface area contributed by atoms with Crippen molar-refractivity contribution in [2.75, 3.05) is 12.1 Å². The van der Waals surface area contributed by atoms with Crippen LogP contribution < -0.4 is 14.8 Å². The van der Waals surface area contributed by atoms with Gasteiger partial charge in [0.1, 0.15) is 0 Å². The van der Waals surface area contributed by atoms with Crippen LogP contribution in [-0.4, -0.2) is 11.8 Å². The highest BCUT2D eigenvalue weighted by molar-refractivity contribution is 7.15. The van der Waals surface area contributed by atoms with Crippen LogP contribution in [-0.2, 0) is 11.8 Å². The average Bonchev–Trinajstić information content (AvgIpc) is 3.34. The first-order valence-corrected chi connectivity index (χ1v) is 10.9. The van der Waals surface area contributed by atoms with Crippen LogP contribution in [0, 0.1) is 0 Å². The number of nitrogens with one attached hydrogen (secondary N) is 1. The fraction of sp³-hybridized carbons (Fsp3) is 0.240. The Bertz CT molecular complexity index is 1220. The fourth-order valence-corrected chi connectivity index (χ4v) is 5.02. The molecule has 1 aromatic heterocycles. The number of hydrogen-bond donors (Lipinski definition) is 1. The van der Waals surface area contributed by atoms with E-state index < -0.39 is 0 Å². The van der Waals surface area contributed by atoms with E-state index in [-0.39, 0.29) is 5.41 Å². The van der Waals surface area contributed by atoms with E-state index in [2.05, 4.69) is 80.7 Å². The molecule has 0 saturated heterocycles. The maximum Gasteiger partial charge on any atom is 0.231 e. The lowest BCUT2D eigenvalue weighted by Crippen LogP contribution is -2.14. The smallest absolute Gasteiger partial charge is 0.231 e. The van der Waals surface area contributed by atoms with Crippen LogP contribution in [0.5, 0.6) is 11.5 Å². The average molecular weight is 417 g/mol. The summed E-state index contributed by atoms with van der Waals surface area (Å²) in [6, 6.07) is 20.9. The molecule has 4 aromatic rings. The van der Waals surface area contributed by atoms with Gasteiger partial charge in [0.25, 0.3) is 0 Å². The van der Waals surface area contributed by atoms with Crippen molar-refractivity contribution in [1.82, 2.24) is 4.98 Å². The summed E-state index contributed by atoms with van der Waals surface area (Å²) >= 11 is 1.72. The predicted octanol–water partition coefficient (Wildman–Crippen LogP) is 6.66. The molecule has 5 heteroatoms. The van der Waals surface area contributed by atoms with E-state index in [1.54, 1.807) is 11.3 Å². The van der Waals surface area contributed by atoms with Gasteiger partial charge in [0.2, 0.25) is 6.79 Å². The number of anilines is 2. The van der Waals surface area contributed by atoms with Gasteiger partial charge in [0.05, 0.1) is 5.69 Å². The van der Waals surface area contributed by atoms with Crippen molar-refractivity contribution in [3.05, 3.63) is 76.8 Å². The van der Waals surface area contributed by atoms with Crippen LogP contribution in [0.25, 0.3) is 10.8 Å². The molecule has 0 saturated carbocycles. The van der Waals surface area contributed by atoms with E-state index in [4.69, 9.17) is 14.5 Å². The van der Waals surface area contributed by atoms with Gasteiger partial charge in [-0.05, 0) is 29.1 Å². The second kappa shape index (κ2) is 7.33. The Hall–Kier alpha value is -3.05. The Balaban J connectivity index is 1.49. The van der Waals surface area contributed by atoms with E-state index in [0.717, 1.165) is 34.4 Å². The zero-order chi connectivity index (χ0) is 20.7. The molecule has 4 nitrogen and oxygen atoms in total. The molecule has 2 heterocycles. The molecular formula is C25H24N2O2S. The highest BCUT2D eigenvalue weighted by Crippen LogP contribution is 2.38. The topological polar surface area (TPSA) is 43.4 Å². The van der Waals surface area contributed by atoms with Gasteiger partial charge >= 0.3 is 0 Å². The second-order valence-electron chi connectivity index (χ2n) is 8.56. The number of nitrogens with zero attached hydrogens (tertiary/aromatic N) is 1. The first-order valence-electron chi connectivity index (χ1n) is 10.1. The number of ether oxygens (including phenoxy) is 2. The minimum Gasteiger partial charge on any atom is -0.454 e. The Morgan fingerprint density at radius 3 is 2.63 bits per heavy atom. The van der Waals surface area contributed by atoms with Gasteiger partial charge in [-0.3, -0.25) is 0 Å². The van der Waals surface area contributed by atoms with Crippen LogP contribution in [0.2, 0.25) is 0 Å². The summed E-state index contributed by atoms with van der Waals surface area (Å²) < 4.78 is 11.0. The predicted molar refractivity (Wildman–Crippen MR) is 123 cm³/mol. The molecule has 0 aliphatic carbocycles. The summed E-state index contributed by atoms with van der Waals surface area (Å²) in [5.41, 5.74) is 3.37. The monoisotopic (exact) mass is 416 g/mol. The Labute approximate surface area is 180 Å². The molecule has 30 heavy (non-hydrogen) atoms. The van der Waals surface area contributed by atoms with Crippen molar-refractivity contribution in [2.45, 2.75) is 32.6 Å². The van der Waals surface area contributed by atoms with Gasteiger partial charge < -0.3 is 14.8 Å². The van der Waals surface area contributed by atoms with Gasteiger partial charge in [-0.2, -0.15) is 0 Å². The molecule has 0 unspecified atom stereocenters. The number of thiazole rings is 1.